The summed E-state index contributed by atoms with van der Waals surface area (Å²) in [5.74, 6) is -1.04. The van der Waals surface area contributed by atoms with E-state index in [1.54, 1.807) is 30.3 Å². The first-order chi connectivity index (χ1) is 9.60. The summed E-state index contributed by atoms with van der Waals surface area (Å²) in [4.78, 5) is 22.8. The number of hydrogen-bond acceptors (Lipinski definition) is 6. The second-order valence-electron chi connectivity index (χ2n) is 3.74. The lowest BCUT2D eigenvalue weighted by Gasteiger charge is -2.14. The number of methoxy groups -OCH3 is 1. The van der Waals surface area contributed by atoms with Crippen LogP contribution < -0.4 is 10.1 Å². The van der Waals surface area contributed by atoms with Crippen LogP contribution in [0.3, 0.4) is 0 Å². The summed E-state index contributed by atoms with van der Waals surface area (Å²) in [6.07, 6.45) is 0. The van der Waals surface area contributed by atoms with E-state index in [0.717, 1.165) is 0 Å². The van der Waals surface area contributed by atoms with Gasteiger partial charge in [-0.2, -0.15) is 15.0 Å². The molecule has 0 aliphatic heterocycles. The van der Waals surface area contributed by atoms with E-state index in [9.17, 15) is 9.90 Å². The first-order valence-electron chi connectivity index (χ1n) is 5.60. The number of aromatic nitrogens is 3. The van der Waals surface area contributed by atoms with Gasteiger partial charge in [0.1, 0.15) is 0 Å². The fourth-order valence-corrected chi connectivity index (χ4v) is 1.70. The van der Waals surface area contributed by atoms with Gasteiger partial charge in [-0.3, -0.25) is 0 Å². The van der Waals surface area contributed by atoms with Crippen molar-refractivity contribution in [1.82, 2.24) is 15.0 Å². The number of rotatable bonds is 5. The summed E-state index contributed by atoms with van der Waals surface area (Å²) >= 11 is 5.71. The van der Waals surface area contributed by atoms with Crippen LogP contribution in [-0.4, -0.2) is 33.1 Å². The largest absolute Gasteiger partial charge is 0.479 e. The Bertz CT molecular complexity index is 609. The monoisotopic (exact) mass is 294 g/mol. The van der Waals surface area contributed by atoms with E-state index in [1.165, 1.54) is 7.11 Å². The Morgan fingerprint density at radius 1 is 1.30 bits per heavy atom. The maximum atomic E-state index is 11.3. The van der Waals surface area contributed by atoms with Crippen molar-refractivity contribution in [3.05, 3.63) is 41.2 Å². The van der Waals surface area contributed by atoms with Crippen molar-refractivity contribution >= 4 is 23.5 Å². The van der Waals surface area contributed by atoms with Crippen LogP contribution in [0.4, 0.5) is 5.95 Å². The second-order valence-corrected chi connectivity index (χ2v) is 4.08. The zero-order chi connectivity index (χ0) is 14.5. The van der Waals surface area contributed by atoms with Crippen molar-refractivity contribution in [1.29, 1.82) is 0 Å². The molecule has 1 aromatic heterocycles. The lowest BCUT2D eigenvalue weighted by Crippen LogP contribution is -2.22. The van der Waals surface area contributed by atoms with Gasteiger partial charge in [-0.25, -0.2) is 4.79 Å². The third-order valence-corrected chi connectivity index (χ3v) is 2.59. The summed E-state index contributed by atoms with van der Waals surface area (Å²) in [5, 5.41) is 11.9. The lowest BCUT2D eigenvalue weighted by atomic mass is 10.1. The van der Waals surface area contributed by atoms with Crippen LogP contribution in [0.15, 0.2) is 30.3 Å². The van der Waals surface area contributed by atoms with Crippen LogP contribution in [0.1, 0.15) is 11.6 Å². The zero-order valence-electron chi connectivity index (χ0n) is 10.4. The van der Waals surface area contributed by atoms with Crippen LogP contribution in [0.2, 0.25) is 5.28 Å². The molecule has 0 fully saturated rings. The highest BCUT2D eigenvalue weighted by Gasteiger charge is 2.21. The van der Waals surface area contributed by atoms with Gasteiger partial charge in [0.2, 0.25) is 11.2 Å². The average molecular weight is 295 g/mol. The normalized spacial score (nSPS) is 11.7. The Morgan fingerprint density at radius 2 is 2.00 bits per heavy atom. The molecule has 1 atom stereocenters. The van der Waals surface area contributed by atoms with Gasteiger partial charge in [-0.1, -0.05) is 30.3 Å². The highest BCUT2D eigenvalue weighted by atomic mass is 35.5. The van der Waals surface area contributed by atoms with E-state index in [4.69, 9.17) is 16.3 Å². The molecule has 0 saturated carbocycles. The molecule has 2 rings (SSSR count). The summed E-state index contributed by atoms with van der Waals surface area (Å²) < 4.78 is 4.85. The van der Waals surface area contributed by atoms with Gasteiger partial charge in [0.25, 0.3) is 0 Å². The topological polar surface area (TPSA) is 97.2 Å². The minimum atomic E-state index is -1.06. The summed E-state index contributed by atoms with van der Waals surface area (Å²) in [6, 6.07) is 7.66. The minimum Gasteiger partial charge on any atom is -0.479 e. The third kappa shape index (κ3) is 3.33. The molecule has 1 unspecified atom stereocenters. The molecule has 0 amide bonds. The fourth-order valence-electron chi connectivity index (χ4n) is 1.55. The number of ether oxygens (including phenoxy) is 1. The highest BCUT2D eigenvalue weighted by molar-refractivity contribution is 6.28. The molecule has 2 N–H and O–H groups in total. The maximum absolute atomic E-state index is 11.3. The Hall–Kier alpha value is -2.41. The van der Waals surface area contributed by atoms with E-state index in [2.05, 4.69) is 20.3 Å². The number of nitrogens with one attached hydrogen (secondary N) is 1. The van der Waals surface area contributed by atoms with Gasteiger partial charge in [0.15, 0.2) is 6.04 Å². The molecular formula is C12H11ClN4O3. The molecular weight excluding hydrogens is 284 g/mol. The molecule has 0 bridgehead atoms. The number of halogens is 1. The van der Waals surface area contributed by atoms with Gasteiger partial charge < -0.3 is 15.2 Å². The molecule has 1 heterocycles. The third-order valence-electron chi connectivity index (χ3n) is 2.42. The second kappa shape index (κ2) is 6.16. The Kier molecular flexibility index (Phi) is 4.31. The molecule has 0 radical (unpaired) electrons. The number of aliphatic carboxylic acids is 1. The number of nitrogens with zero attached hydrogens (tertiary/aromatic N) is 3. The number of carboxylic acid groups (broad SMARTS) is 1. The van der Waals surface area contributed by atoms with Crippen molar-refractivity contribution in [2.45, 2.75) is 6.04 Å². The number of benzene rings is 1. The summed E-state index contributed by atoms with van der Waals surface area (Å²) in [5.41, 5.74) is 0.565. The minimum absolute atomic E-state index is 0.00435. The van der Waals surface area contributed by atoms with Crippen LogP contribution in [0.25, 0.3) is 0 Å². The van der Waals surface area contributed by atoms with E-state index in [1.807, 2.05) is 0 Å². The van der Waals surface area contributed by atoms with Gasteiger partial charge >= 0.3 is 12.0 Å². The lowest BCUT2D eigenvalue weighted by molar-refractivity contribution is -0.138. The fraction of sp³-hybridized carbons (Fsp3) is 0.167. The smallest absolute Gasteiger partial charge is 0.330 e. The molecule has 8 heteroatoms. The van der Waals surface area contributed by atoms with E-state index in [0.29, 0.717) is 5.56 Å². The van der Waals surface area contributed by atoms with Crippen LogP contribution >= 0.6 is 11.6 Å². The molecule has 0 aliphatic rings. The SMILES string of the molecule is COc1nc(Cl)nc(NC(C(=O)O)c2ccccc2)n1. The van der Waals surface area contributed by atoms with Crippen molar-refractivity contribution in [2.24, 2.45) is 0 Å². The number of anilines is 1. The molecule has 7 nitrogen and oxygen atoms in total. The summed E-state index contributed by atoms with van der Waals surface area (Å²) in [7, 11) is 1.38. The van der Waals surface area contributed by atoms with Gasteiger partial charge in [-0.15, -0.1) is 0 Å². The Balaban J connectivity index is 2.29. The van der Waals surface area contributed by atoms with Crippen LogP contribution in [-0.2, 0) is 4.79 Å². The molecule has 0 aliphatic carbocycles. The van der Waals surface area contributed by atoms with Crippen molar-refractivity contribution in [3.63, 3.8) is 0 Å². The van der Waals surface area contributed by atoms with Gasteiger partial charge in [0, 0.05) is 0 Å². The standard InChI is InChI=1S/C12H11ClN4O3/c1-20-12-16-10(13)15-11(17-12)14-8(9(18)19)7-5-3-2-4-6-7/h2-6,8H,1H3,(H,18,19)(H,14,15,16,17). The number of carbonyl (C=O) groups is 1. The Morgan fingerprint density at radius 3 is 2.60 bits per heavy atom. The summed E-state index contributed by atoms with van der Waals surface area (Å²) in [6.45, 7) is 0. The first kappa shape index (κ1) is 14.0. The van der Waals surface area contributed by atoms with E-state index in [-0.39, 0.29) is 17.2 Å². The first-order valence-corrected chi connectivity index (χ1v) is 5.98. The van der Waals surface area contributed by atoms with Gasteiger partial charge in [0.05, 0.1) is 7.11 Å². The van der Waals surface area contributed by atoms with Crippen molar-refractivity contribution < 1.29 is 14.6 Å². The number of carboxylic acids is 1. The average Bonchev–Trinajstić information content (AvgIpc) is 2.44. The molecule has 0 saturated heterocycles. The molecule has 0 spiro atoms. The van der Waals surface area contributed by atoms with E-state index < -0.39 is 12.0 Å². The zero-order valence-corrected chi connectivity index (χ0v) is 11.2. The van der Waals surface area contributed by atoms with Gasteiger partial charge in [-0.05, 0) is 17.2 Å². The van der Waals surface area contributed by atoms with Crippen molar-refractivity contribution in [2.75, 3.05) is 12.4 Å². The highest BCUT2D eigenvalue weighted by Crippen LogP contribution is 2.19. The quantitative estimate of drug-likeness (QED) is 0.867. The van der Waals surface area contributed by atoms with E-state index >= 15 is 0 Å². The molecule has 20 heavy (non-hydrogen) atoms. The van der Waals surface area contributed by atoms with Crippen LogP contribution in [0, 0.1) is 0 Å². The predicted molar refractivity (Wildman–Crippen MR) is 71.8 cm³/mol. The maximum Gasteiger partial charge on any atom is 0.330 e. The molecule has 104 valence electrons. The Labute approximate surface area is 119 Å². The predicted octanol–water partition coefficient (Wildman–Crippen LogP) is 1.77. The molecule has 2 aromatic rings. The molecule has 1 aromatic carbocycles. The number of hydrogen-bond donors (Lipinski definition) is 2. The van der Waals surface area contributed by atoms with Crippen molar-refractivity contribution in [3.8, 4) is 6.01 Å². The van der Waals surface area contributed by atoms with Crippen LogP contribution in [0.5, 0.6) is 6.01 Å².